The summed E-state index contributed by atoms with van der Waals surface area (Å²) in [6, 6.07) is 8.29. The van der Waals surface area contributed by atoms with Gasteiger partial charge >= 0.3 is 0 Å². The molecule has 4 nitrogen and oxygen atoms in total. The standard InChI is InChI=1S/C19H24N2O2/c1-14-5-7-16(8-6-14)17-9-12-20(13-10-17)19(23)18-4-3-11-21(18)15(2)22/h5-9,18H,3-4,10-13H2,1-2H3/t18-/m0/s1. The molecule has 0 aliphatic carbocycles. The molecule has 1 saturated heterocycles. The Hall–Kier alpha value is -2.10. The van der Waals surface area contributed by atoms with Gasteiger partial charge in [-0.05, 0) is 37.3 Å². The molecule has 3 rings (SSSR count). The van der Waals surface area contributed by atoms with E-state index in [-0.39, 0.29) is 17.9 Å². The van der Waals surface area contributed by atoms with E-state index in [0.29, 0.717) is 13.1 Å². The quantitative estimate of drug-likeness (QED) is 0.842. The van der Waals surface area contributed by atoms with Gasteiger partial charge in [0.15, 0.2) is 0 Å². The number of benzene rings is 1. The molecule has 0 saturated carbocycles. The number of amides is 2. The second-order valence-electron chi connectivity index (χ2n) is 6.50. The fourth-order valence-corrected chi connectivity index (χ4v) is 3.51. The minimum atomic E-state index is -0.248. The van der Waals surface area contributed by atoms with Crippen molar-refractivity contribution in [1.82, 2.24) is 9.80 Å². The predicted molar refractivity (Wildman–Crippen MR) is 90.8 cm³/mol. The Labute approximate surface area is 137 Å². The topological polar surface area (TPSA) is 40.6 Å². The van der Waals surface area contributed by atoms with Crippen LogP contribution in [0.4, 0.5) is 0 Å². The fourth-order valence-electron chi connectivity index (χ4n) is 3.51. The van der Waals surface area contributed by atoms with E-state index in [1.165, 1.54) is 16.7 Å². The van der Waals surface area contributed by atoms with Crippen molar-refractivity contribution < 1.29 is 9.59 Å². The van der Waals surface area contributed by atoms with Crippen molar-refractivity contribution in [2.75, 3.05) is 19.6 Å². The van der Waals surface area contributed by atoms with Gasteiger partial charge in [0.05, 0.1) is 0 Å². The molecule has 1 fully saturated rings. The van der Waals surface area contributed by atoms with E-state index in [2.05, 4.69) is 37.3 Å². The van der Waals surface area contributed by atoms with Gasteiger partial charge in [0, 0.05) is 26.6 Å². The molecule has 0 N–H and O–H groups in total. The third-order valence-corrected chi connectivity index (χ3v) is 4.89. The second-order valence-corrected chi connectivity index (χ2v) is 6.50. The van der Waals surface area contributed by atoms with Crippen molar-refractivity contribution >= 4 is 17.4 Å². The Balaban J connectivity index is 1.67. The number of hydrogen-bond donors (Lipinski definition) is 0. The van der Waals surface area contributed by atoms with Gasteiger partial charge in [-0.15, -0.1) is 0 Å². The van der Waals surface area contributed by atoms with Crippen LogP contribution in [0.2, 0.25) is 0 Å². The monoisotopic (exact) mass is 312 g/mol. The summed E-state index contributed by atoms with van der Waals surface area (Å²) < 4.78 is 0. The molecule has 23 heavy (non-hydrogen) atoms. The van der Waals surface area contributed by atoms with Gasteiger partial charge in [0.2, 0.25) is 11.8 Å². The summed E-state index contributed by atoms with van der Waals surface area (Å²) >= 11 is 0. The summed E-state index contributed by atoms with van der Waals surface area (Å²) in [7, 11) is 0. The number of aryl methyl sites for hydroxylation is 1. The molecular weight excluding hydrogens is 288 g/mol. The molecule has 2 heterocycles. The molecule has 0 radical (unpaired) electrons. The average molecular weight is 312 g/mol. The van der Waals surface area contributed by atoms with E-state index in [0.717, 1.165) is 25.8 Å². The smallest absolute Gasteiger partial charge is 0.245 e. The highest BCUT2D eigenvalue weighted by Gasteiger charge is 2.35. The summed E-state index contributed by atoms with van der Waals surface area (Å²) in [5.74, 6) is 0.116. The van der Waals surface area contributed by atoms with E-state index in [1.54, 1.807) is 11.8 Å². The number of likely N-dealkylation sites (tertiary alicyclic amines) is 1. The Morgan fingerprint density at radius 3 is 2.48 bits per heavy atom. The second kappa shape index (κ2) is 6.57. The lowest BCUT2D eigenvalue weighted by Crippen LogP contribution is -2.48. The van der Waals surface area contributed by atoms with E-state index in [4.69, 9.17) is 0 Å². The van der Waals surface area contributed by atoms with Gasteiger partial charge in [0.1, 0.15) is 6.04 Å². The van der Waals surface area contributed by atoms with Gasteiger partial charge in [-0.25, -0.2) is 0 Å². The predicted octanol–water partition coefficient (Wildman–Crippen LogP) is 2.62. The van der Waals surface area contributed by atoms with Gasteiger partial charge in [-0.3, -0.25) is 9.59 Å². The normalized spacial score (nSPS) is 21.3. The van der Waals surface area contributed by atoms with Crippen LogP contribution in [-0.2, 0) is 9.59 Å². The van der Waals surface area contributed by atoms with Crippen LogP contribution in [0.1, 0.15) is 37.3 Å². The largest absolute Gasteiger partial charge is 0.337 e. The minimum Gasteiger partial charge on any atom is -0.337 e. The maximum absolute atomic E-state index is 12.7. The lowest BCUT2D eigenvalue weighted by Gasteiger charge is -2.32. The lowest BCUT2D eigenvalue weighted by molar-refractivity contribution is -0.142. The zero-order chi connectivity index (χ0) is 16.4. The van der Waals surface area contributed by atoms with Crippen molar-refractivity contribution in [2.24, 2.45) is 0 Å². The van der Waals surface area contributed by atoms with E-state index >= 15 is 0 Å². The molecule has 0 spiro atoms. The summed E-state index contributed by atoms with van der Waals surface area (Å²) in [4.78, 5) is 28.0. The molecule has 0 unspecified atom stereocenters. The third kappa shape index (κ3) is 3.31. The van der Waals surface area contributed by atoms with E-state index in [1.807, 2.05) is 4.90 Å². The summed E-state index contributed by atoms with van der Waals surface area (Å²) in [6.45, 7) is 5.73. The SMILES string of the molecule is CC(=O)N1CCC[C@H]1C(=O)N1CC=C(c2ccc(C)cc2)CC1. The summed E-state index contributed by atoms with van der Waals surface area (Å²) in [5.41, 5.74) is 3.81. The fraction of sp³-hybridized carbons (Fsp3) is 0.474. The number of hydrogen-bond acceptors (Lipinski definition) is 2. The minimum absolute atomic E-state index is 0.00810. The first-order valence-corrected chi connectivity index (χ1v) is 8.38. The maximum Gasteiger partial charge on any atom is 0.245 e. The van der Waals surface area contributed by atoms with Crippen LogP contribution < -0.4 is 0 Å². The Morgan fingerprint density at radius 2 is 1.87 bits per heavy atom. The lowest BCUT2D eigenvalue weighted by atomic mass is 9.98. The average Bonchev–Trinajstić information content (AvgIpc) is 3.05. The highest BCUT2D eigenvalue weighted by molar-refractivity contribution is 5.88. The van der Waals surface area contributed by atoms with Crippen molar-refractivity contribution in [1.29, 1.82) is 0 Å². The molecule has 1 aromatic rings. The molecule has 0 bridgehead atoms. The first-order chi connectivity index (χ1) is 11.1. The van der Waals surface area contributed by atoms with Gasteiger partial charge in [-0.1, -0.05) is 35.9 Å². The van der Waals surface area contributed by atoms with Crippen LogP contribution in [0, 0.1) is 6.92 Å². The molecule has 122 valence electrons. The highest BCUT2D eigenvalue weighted by Crippen LogP contribution is 2.25. The number of carbonyl (C=O) groups excluding carboxylic acids is 2. The summed E-state index contributed by atoms with van der Waals surface area (Å²) in [5, 5.41) is 0. The Bertz CT molecular complexity index is 633. The van der Waals surface area contributed by atoms with Crippen molar-refractivity contribution in [3.63, 3.8) is 0 Å². The van der Waals surface area contributed by atoms with Crippen molar-refractivity contribution in [3.8, 4) is 0 Å². The van der Waals surface area contributed by atoms with Crippen molar-refractivity contribution in [3.05, 3.63) is 41.5 Å². The molecule has 4 heteroatoms. The molecule has 1 atom stereocenters. The van der Waals surface area contributed by atoms with Crippen LogP contribution in [0.3, 0.4) is 0 Å². The van der Waals surface area contributed by atoms with Gasteiger partial charge in [0.25, 0.3) is 0 Å². The molecule has 2 aliphatic rings. The van der Waals surface area contributed by atoms with Crippen LogP contribution in [-0.4, -0.2) is 47.3 Å². The third-order valence-electron chi connectivity index (χ3n) is 4.89. The number of carbonyl (C=O) groups is 2. The number of rotatable bonds is 2. The van der Waals surface area contributed by atoms with Crippen LogP contribution in [0.25, 0.3) is 5.57 Å². The van der Waals surface area contributed by atoms with Crippen LogP contribution in [0.15, 0.2) is 30.3 Å². The maximum atomic E-state index is 12.7. The highest BCUT2D eigenvalue weighted by atomic mass is 16.2. The first kappa shape index (κ1) is 15.8. The Kier molecular flexibility index (Phi) is 4.51. The molecule has 0 aromatic heterocycles. The molecule has 2 amide bonds. The van der Waals surface area contributed by atoms with Gasteiger partial charge < -0.3 is 9.80 Å². The van der Waals surface area contributed by atoms with E-state index < -0.39 is 0 Å². The zero-order valence-corrected chi connectivity index (χ0v) is 13.9. The zero-order valence-electron chi connectivity index (χ0n) is 13.9. The summed E-state index contributed by atoms with van der Waals surface area (Å²) in [6.07, 6.45) is 4.75. The van der Waals surface area contributed by atoms with Gasteiger partial charge in [-0.2, -0.15) is 0 Å². The number of nitrogens with zero attached hydrogens (tertiary/aromatic N) is 2. The molecule has 2 aliphatic heterocycles. The van der Waals surface area contributed by atoms with Crippen LogP contribution >= 0.6 is 0 Å². The van der Waals surface area contributed by atoms with Crippen molar-refractivity contribution in [2.45, 2.75) is 39.2 Å². The first-order valence-electron chi connectivity index (χ1n) is 8.38. The molecule has 1 aromatic carbocycles. The van der Waals surface area contributed by atoms with Crippen LogP contribution in [0.5, 0.6) is 0 Å². The van der Waals surface area contributed by atoms with E-state index in [9.17, 15) is 9.59 Å². The Morgan fingerprint density at radius 1 is 1.13 bits per heavy atom. The molecular formula is C19H24N2O2.